The first-order chi connectivity index (χ1) is 12.2. The molecule has 1 aliphatic heterocycles. The summed E-state index contributed by atoms with van der Waals surface area (Å²) in [6.07, 6.45) is -0.333. The number of carbonyl (C=O) groups excluding carboxylic acids is 2. The van der Waals surface area contributed by atoms with Crippen LogP contribution in [0.2, 0.25) is 0 Å². The number of alkyl carbamates (subject to hydrolysis) is 1. The van der Waals surface area contributed by atoms with E-state index < -0.39 is 6.09 Å². The summed E-state index contributed by atoms with van der Waals surface area (Å²) in [4.78, 5) is 23.9. The summed E-state index contributed by atoms with van der Waals surface area (Å²) in [6.45, 7) is 0.185. The third-order valence-corrected chi connectivity index (χ3v) is 4.09. The van der Waals surface area contributed by atoms with Gasteiger partial charge in [0, 0.05) is 6.42 Å². The maximum absolute atomic E-state index is 12.1. The Morgan fingerprint density at radius 2 is 2.00 bits per heavy atom. The van der Waals surface area contributed by atoms with Gasteiger partial charge in [-0.3, -0.25) is 4.79 Å². The van der Waals surface area contributed by atoms with Gasteiger partial charge in [-0.25, -0.2) is 4.79 Å². The van der Waals surface area contributed by atoms with Crippen molar-refractivity contribution in [3.63, 3.8) is 0 Å². The number of nitrogens with one attached hydrogen (secondary N) is 2. The first-order valence-electron chi connectivity index (χ1n) is 8.06. The fourth-order valence-electron chi connectivity index (χ4n) is 2.85. The third-order valence-electron chi connectivity index (χ3n) is 4.09. The third kappa shape index (κ3) is 4.29. The largest absolute Gasteiger partial charge is 0.497 e. The lowest BCUT2D eigenvalue weighted by Crippen LogP contribution is -2.38. The predicted octanol–water partition coefficient (Wildman–Crippen LogP) is 2.55. The second kappa shape index (κ2) is 7.70. The monoisotopic (exact) mass is 340 g/mol. The minimum Gasteiger partial charge on any atom is -0.497 e. The van der Waals surface area contributed by atoms with Crippen LogP contribution >= 0.6 is 0 Å². The van der Waals surface area contributed by atoms with Crippen molar-refractivity contribution in [1.29, 1.82) is 0 Å². The van der Waals surface area contributed by atoms with Gasteiger partial charge in [0.1, 0.15) is 12.4 Å². The van der Waals surface area contributed by atoms with E-state index in [9.17, 15) is 9.59 Å². The van der Waals surface area contributed by atoms with E-state index in [0.29, 0.717) is 5.75 Å². The van der Waals surface area contributed by atoms with Crippen LogP contribution in [-0.2, 0) is 16.1 Å². The van der Waals surface area contributed by atoms with Crippen LogP contribution in [0.4, 0.5) is 4.79 Å². The molecule has 1 fully saturated rings. The molecule has 2 atom stereocenters. The molecule has 0 bridgehead atoms. The molecule has 0 aliphatic carbocycles. The van der Waals surface area contributed by atoms with Crippen molar-refractivity contribution in [3.8, 4) is 5.75 Å². The molecule has 25 heavy (non-hydrogen) atoms. The standard InChI is InChI=1S/C19H20N2O4/c1-24-15-9-5-8-14(10-15)18-16(11-17(22)21-18)20-19(23)25-12-13-6-3-2-4-7-13/h2-10,16,18H,11-12H2,1H3,(H,20,23)(H,21,22)/t16-,18+/m1/s1. The maximum Gasteiger partial charge on any atom is 0.407 e. The molecule has 3 rings (SSSR count). The number of ether oxygens (including phenoxy) is 2. The molecule has 6 heteroatoms. The lowest BCUT2D eigenvalue weighted by atomic mass is 10.0. The minimum absolute atomic E-state index is 0.110. The Balaban J connectivity index is 1.63. The van der Waals surface area contributed by atoms with Crippen LogP contribution in [0.5, 0.6) is 5.75 Å². The van der Waals surface area contributed by atoms with Gasteiger partial charge >= 0.3 is 6.09 Å². The number of methoxy groups -OCH3 is 1. The highest BCUT2D eigenvalue weighted by atomic mass is 16.5. The molecular formula is C19H20N2O4. The summed E-state index contributed by atoms with van der Waals surface area (Å²) in [6, 6.07) is 16.2. The number of hydrogen-bond donors (Lipinski definition) is 2. The van der Waals surface area contributed by atoms with E-state index in [-0.39, 0.29) is 31.0 Å². The second-order valence-corrected chi connectivity index (χ2v) is 5.84. The average Bonchev–Trinajstić information content (AvgIpc) is 3.01. The van der Waals surface area contributed by atoms with Crippen molar-refractivity contribution >= 4 is 12.0 Å². The fraction of sp³-hybridized carbons (Fsp3) is 0.263. The summed E-state index contributed by atoms with van der Waals surface area (Å²) in [5.41, 5.74) is 1.78. The molecule has 130 valence electrons. The molecule has 2 N–H and O–H groups in total. The number of rotatable bonds is 5. The normalized spacial score (nSPS) is 19.2. The van der Waals surface area contributed by atoms with Crippen molar-refractivity contribution < 1.29 is 19.1 Å². The van der Waals surface area contributed by atoms with Gasteiger partial charge in [0.25, 0.3) is 0 Å². The molecule has 2 amide bonds. The van der Waals surface area contributed by atoms with Gasteiger partial charge in [-0.1, -0.05) is 42.5 Å². The van der Waals surface area contributed by atoms with Gasteiger partial charge < -0.3 is 20.1 Å². The predicted molar refractivity (Wildman–Crippen MR) is 92.0 cm³/mol. The van der Waals surface area contributed by atoms with Gasteiger partial charge in [-0.2, -0.15) is 0 Å². The summed E-state index contributed by atoms with van der Waals surface area (Å²) in [7, 11) is 1.59. The topological polar surface area (TPSA) is 76.7 Å². The summed E-state index contributed by atoms with van der Waals surface area (Å²) in [5, 5.41) is 5.67. The van der Waals surface area contributed by atoms with E-state index in [2.05, 4.69) is 10.6 Å². The van der Waals surface area contributed by atoms with E-state index in [1.54, 1.807) is 7.11 Å². The van der Waals surface area contributed by atoms with Crippen molar-refractivity contribution in [2.75, 3.05) is 7.11 Å². The number of amides is 2. The van der Waals surface area contributed by atoms with E-state index >= 15 is 0 Å². The SMILES string of the molecule is COc1cccc([C@@H]2NC(=O)C[C@H]2NC(=O)OCc2ccccc2)c1. The second-order valence-electron chi connectivity index (χ2n) is 5.84. The zero-order chi connectivity index (χ0) is 17.6. The van der Waals surface area contributed by atoms with E-state index in [0.717, 1.165) is 11.1 Å². The van der Waals surface area contributed by atoms with Crippen molar-refractivity contribution in [3.05, 3.63) is 65.7 Å². The molecule has 0 aromatic heterocycles. The van der Waals surface area contributed by atoms with Crippen LogP contribution in [0.15, 0.2) is 54.6 Å². The fourth-order valence-corrected chi connectivity index (χ4v) is 2.85. The lowest BCUT2D eigenvalue weighted by molar-refractivity contribution is -0.119. The molecule has 2 aromatic rings. The van der Waals surface area contributed by atoms with Crippen molar-refractivity contribution in [2.45, 2.75) is 25.1 Å². The zero-order valence-corrected chi connectivity index (χ0v) is 13.9. The molecule has 0 saturated carbocycles. The lowest BCUT2D eigenvalue weighted by Gasteiger charge is -2.20. The first-order valence-corrected chi connectivity index (χ1v) is 8.06. The Morgan fingerprint density at radius 3 is 2.76 bits per heavy atom. The molecule has 1 heterocycles. The number of carbonyl (C=O) groups is 2. The smallest absolute Gasteiger partial charge is 0.407 e. The Morgan fingerprint density at radius 1 is 1.20 bits per heavy atom. The summed E-state index contributed by atoms with van der Waals surface area (Å²) in [5.74, 6) is 0.588. The average molecular weight is 340 g/mol. The zero-order valence-electron chi connectivity index (χ0n) is 13.9. The Labute approximate surface area is 146 Å². The molecule has 1 saturated heterocycles. The van der Waals surface area contributed by atoms with E-state index in [1.165, 1.54) is 0 Å². The molecule has 0 radical (unpaired) electrons. The minimum atomic E-state index is -0.543. The van der Waals surface area contributed by atoms with Crippen LogP contribution in [0, 0.1) is 0 Å². The Kier molecular flexibility index (Phi) is 5.18. The molecule has 0 unspecified atom stereocenters. The van der Waals surface area contributed by atoms with Crippen molar-refractivity contribution in [1.82, 2.24) is 10.6 Å². The number of benzene rings is 2. The Hall–Kier alpha value is -3.02. The summed E-state index contributed by atoms with van der Waals surface area (Å²) < 4.78 is 10.5. The molecule has 0 spiro atoms. The summed E-state index contributed by atoms with van der Waals surface area (Å²) >= 11 is 0. The van der Waals surface area contributed by atoms with Gasteiger partial charge in [0.15, 0.2) is 0 Å². The molecule has 6 nitrogen and oxygen atoms in total. The first kappa shape index (κ1) is 16.8. The van der Waals surface area contributed by atoms with E-state index in [1.807, 2.05) is 54.6 Å². The van der Waals surface area contributed by atoms with Gasteiger partial charge in [0.05, 0.1) is 19.2 Å². The van der Waals surface area contributed by atoms with Crippen LogP contribution in [0.1, 0.15) is 23.6 Å². The van der Waals surface area contributed by atoms with Crippen molar-refractivity contribution in [2.24, 2.45) is 0 Å². The highest BCUT2D eigenvalue weighted by molar-refractivity contribution is 5.81. The van der Waals surface area contributed by atoms with Crippen LogP contribution in [0.3, 0.4) is 0 Å². The quantitative estimate of drug-likeness (QED) is 0.877. The highest BCUT2D eigenvalue weighted by Gasteiger charge is 2.35. The van der Waals surface area contributed by atoms with E-state index in [4.69, 9.17) is 9.47 Å². The van der Waals surface area contributed by atoms with Crippen LogP contribution in [0.25, 0.3) is 0 Å². The van der Waals surface area contributed by atoms with Crippen LogP contribution < -0.4 is 15.4 Å². The van der Waals surface area contributed by atoms with Gasteiger partial charge in [-0.05, 0) is 23.3 Å². The highest BCUT2D eigenvalue weighted by Crippen LogP contribution is 2.27. The molecule has 2 aromatic carbocycles. The molecule has 1 aliphatic rings. The van der Waals surface area contributed by atoms with Crippen LogP contribution in [-0.4, -0.2) is 25.2 Å². The Bertz CT molecular complexity index is 748. The molecular weight excluding hydrogens is 320 g/mol. The maximum atomic E-state index is 12.1. The van der Waals surface area contributed by atoms with Gasteiger partial charge in [0.2, 0.25) is 5.91 Å². The van der Waals surface area contributed by atoms with Gasteiger partial charge in [-0.15, -0.1) is 0 Å². The number of hydrogen-bond acceptors (Lipinski definition) is 4.